The molecular formula is C7H6FO3S-. The van der Waals surface area contributed by atoms with Crippen LogP contribution < -0.4 is 4.74 Å². The highest BCUT2D eigenvalue weighted by molar-refractivity contribution is 7.79. The molecule has 1 aromatic carbocycles. The Balaban J connectivity index is 2.78. The van der Waals surface area contributed by atoms with Gasteiger partial charge in [-0.3, -0.25) is 4.21 Å². The van der Waals surface area contributed by atoms with Crippen LogP contribution in [-0.4, -0.2) is 15.6 Å². The lowest BCUT2D eigenvalue weighted by Crippen LogP contribution is -1.91. The first kappa shape index (κ1) is 9.15. The highest BCUT2D eigenvalue weighted by atomic mass is 32.2. The third-order valence-electron chi connectivity index (χ3n) is 1.24. The highest BCUT2D eigenvalue weighted by Crippen LogP contribution is 2.13. The van der Waals surface area contributed by atoms with Gasteiger partial charge in [-0.15, -0.1) is 0 Å². The molecule has 0 aliphatic rings. The second kappa shape index (κ2) is 4.18. The van der Waals surface area contributed by atoms with E-state index in [0.29, 0.717) is 5.75 Å². The summed E-state index contributed by atoms with van der Waals surface area (Å²) in [5, 5.41) is 0. The summed E-state index contributed by atoms with van der Waals surface area (Å²) >= 11 is -2.24. The van der Waals surface area contributed by atoms with E-state index in [0.717, 1.165) is 0 Å². The summed E-state index contributed by atoms with van der Waals surface area (Å²) in [6, 6.07) is 5.47. The summed E-state index contributed by atoms with van der Waals surface area (Å²) in [4.78, 5) is 0.154. The number of halogens is 1. The lowest BCUT2D eigenvalue weighted by atomic mass is 10.3. The van der Waals surface area contributed by atoms with Gasteiger partial charge in [0.1, 0.15) is 5.75 Å². The van der Waals surface area contributed by atoms with Crippen molar-refractivity contribution in [2.24, 2.45) is 0 Å². The molecule has 0 N–H and O–H groups in total. The molecule has 66 valence electrons. The molecule has 1 aromatic rings. The van der Waals surface area contributed by atoms with E-state index >= 15 is 0 Å². The minimum atomic E-state index is -2.24. The van der Waals surface area contributed by atoms with Crippen molar-refractivity contribution in [1.82, 2.24) is 0 Å². The SMILES string of the molecule is O=S([O-])c1ccc(OCF)cc1. The molecule has 0 heterocycles. The Bertz CT molecular complexity index is 272. The average molecular weight is 189 g/mol. The van der Waals surface area contributed by atoms with Crippen molar-refractivity contribution in [3.05, 3.63) is 24.3 Å². The summed E-state index contributed by atoms with van der Waals surface area (Å²) in [6.07, 6.45) is 0. The molecule has 0 amide bonds. The molecule has 12 heavy (non-hydrogen) atoms. The topological polar surface area (TPSA) is 49.4 Å². The third kappa shape index (κ3) is 2.28. The lowest BCUT2D eigenvalue weighted by Gasteiger charge is -2.05. The van der Waals surface area contributed by atoms with Gasteiger partial charge in [0.05, 0.1) is 0 Å². The Labute approximate surface area is 71.5 Å². The molecule has 1 atom stereocenters. The van der Waals surface area contributed by atoms with E-state index in [1.165, 1.54) is 24.3 Å². The summed E-state index contributed by atoms with van der Waals surface area (Å²) in [7, 11) is 0. The summed E-state index contributed by atoms with van der Waals surface area (Å²) in [5.41, 5.74) is 0. The quantitative estimate of drug-likeness (QED) is 0.672. The van der Waals surface area contributed by atoms with Gasteiger partial charge in [0, 0.05) is 4.90 Å². The first-order valence-corrected chi connectivity index (χ1v) is 4.19. The molecule has 1 rings (SSSR count). The standard InChI is InChI=1S/C7H7FO3S/c8-5-11-6-1-3-7(4-2-6)12(9)10/h1-4H,5H2,(H,9,10)/p-1. The zero-order chi connectivity index (χ0) is 8.97. The van der Waals surface area contributed by atoms with Gasteiger partial charge in [-0.05, 0) is 35.3 Å². The van der Waals surface area contributed by atoms with Gasteiger partial charge in [-0.1, -0.05) is 0 Å². The Morgan fingerprint density at radius 2 is 2.00 bits per heavy atom. The Morgan fingerprint density at radius 1 is 1.42 bits per heavy atom. The second-order valence-electron chi connectivity index (χ2n) is 1.96. The van der Waals surface area contributed by atoms with Crippen LogP contribution in [0.25, 0.3) is 0 Å². The smallest absolute Gasteiger partial charge is 0.228 e. The predicted octanol–water partition coefficient (Wildman–Crippen LogP) is 1.23. The van der Waals surface area contributed by atoms with Crippen molar-refractivity contribution in [3.8, 4) is 5.75 Å². The Morgan fingerprint density at radius 3 is 2.42 bits per heavy atom. The fourth-order valence-electron chi connectivity index (χ4n) is 0.710. The van der Waals surface area contributed by atoms with Gasteiger partial charge >= 0.3 is 0 Å². The van der Waals surface area contributed by atoms with Gasteiger partial charge in [0.15, 0.2) is 0 Å². The molecule has 5 heteroatoms. The van der Waals surface area contributed by atoms with E-state index in [4.69, 9.17) is 0 Å². The molecule has 0 spiro atoms. The molecular weight excluding hydrogens is 183 g/mol. The van der Waals surface area contributed by atoms with Gasteiger partial charge in [0.25, 0.3) is 0 Å². The molecule has 0 aliphatic carbocycles. The van der Waals surface area contributed by atoms with Crippen LogP contribution in [0, 0.1) is 0 Å². The maximum atomic E-state index is 11.6. The summed E-state index contributed by atoms with van der Waals surface area (Å²) in [6.45, 7) is -0.917. The summed E-state index contributed by atoms with van der Waals surface area (Å²) in [5.74, 6) is 0.312. The van der Waals surface area contributed by atoms with Crippen LogP contribution >= 0.6 is 0 Å². The number of benzene rings is 1. The van der Waals surface area contributed by atoms with Crippen LogP contribution in [0.4, 0.5) is 4.39 Å². The van der Waals surface area contributed by atoms with E-state index in [1.807, 2.05) is 0 Å². The number of alkyl halides is 1. The van der Waals surface area contributed by atoms with E-state index in [1.54, 1.807) is 0 Å². The first-order chi connectivity index (χ1) is 5.74. The van der Waals surface area contributed by atoms with E-state index in [-0.39, 0.29) is 4.90 Å². The van der Waals surface area contributed by atoms with Gasteiger partial charge in [0.2, 0.25) is 6.86 Å². The van der Waals surface area contributed by atoms with Crippen LogP contribution in [0.1, 0.15) is 0 Å². The fourth-order valence-corrected chi connectivity index (χ4v) is 1.07. The zero-order valence-electron chi connectivity index (χ0n) is 6.03. The number of rotatable bonds is 3. The largest absolute Gasteiger partial charge is 0.768 e. The summed E-state index contributed by atoms with van der Waals surface area (Å²) < 4.78 is 36.8. The zero-order valence-corrected chi connectivity index (χ0v) is 6.84. The molecule has 0 saturated heterocycles. The van der Waals surface area contributed by atoms with Crippen LogP contribution in [0.5, 0.6) is 5.75 Å². The minimum absolute atomic E-state index is 0.154. The minimum Gasteiger partial charge on any atom is -0.768 e. The second-order valence-corrected chi connectivity index (χ2v) is 2.90. The van der Waals surface area contributed by atoms with E-state index in [9.17, 15) is 13.2 Å². The molecule has 0 radical (unpaired) electrons. The maximum Gasteiger partial charge on any atom is 0.228 e. The highest BCUT2D eigenvalue weighted by Gasteiger charge is 1.93. The van der Waals surface area contributed by atoms with Crippen molar-refractivity contribution in [1.29, 1.82) is 0 Å². The molecule has 0 aliphatic heterocycles. The van der Waals surface area contributed by atoms with Crippen LogP contribution in [0.2, 0.25) is 0 Å². The van der Waals surface area contributed by atoms with Crippen molar-refractivity contribution in [2.45, 2.75) is 4.90 Å². The van der Waals surface area contributed by atoms with Gasteiger partial charge in [-0.2, -0.15) is 0 Å². The number of hydrogen-bond donors (Lipinski definition) is 0. The average Bonchev–Trinajstić information content (AvgIpc) is 2.06. The van der Waals surface area contributed by atoms with Crippen LogP contribution in [0.3, 0.4) is 0 Å². The normalized spacial score (nSPS) is 12.5. The van der Waals surface area contributed by atoms with E-state index < -0.39 is 17.9 Å². The Hall–Kier alpha value is -0.940. The monoisotopic (exact) mass is 189 g/mol. The molecule has 0 fully saturated rings. The molecule has 0 bridgehead atoms. The van der Waals surface area contributed by atoms with Gasteiger partial charge in [-0.25, -0.2) is 4.39 Å². The van der Waals surface area contributed by atoms with Crippen molar-refractivity contribution in [2.75, 3.05) is 6.86 Å². The predicted molar refractivity (Wildman–Crippen MR) is 40.2 cm³/mol. The molecule has 0 aromatic heterocycles. The maximum absolute atomic E-state index is 11.6. The lowest BCUT2D eigenvalue weighted by molar-refractivity contribution is 0.191. The molecule has 0 saturated carbocycles. The van der Waals surface area contributed by atoms with Crippen molar-refractivity contribution in [3.63, 3.8) is 0 Å². The first-order valence-electron chi connectivity index (χ1n) is 3.12. The van der Waals surface area contributed by atoms with E-state index in [2.05, 4.69) is 4.74 Å². The molecule has 1 unspecified atom stereocenters. The fraction of sp³-hybridized carbons (Fsp3) is 0.143. The number of ether oxygens (including phenoxy) is 1. The Kier molecular flexibility index (Phi) is 3.19. The number of hydrogen-bond acceptors (Lipinski definition) is 3. The molecule has 3 nitrogen and oxygen atoms in total. The van der Waals surface area contributed by atoms with Crippen molar-refractivity contribution >= 4 is 11.1 Å². The van der Waals surface area contributed by atoms with Crippen LogP contribution in [-0.2, 0) is 11.1 Å². The van der Waals surface area contributed by atoms with Crippen LogP contribution in [0.15, 0.2) is 29.2 Å². The van der Waals surface area contributed by atoms with Crippen molar-refractivity contribution < 1.29 is 17.9 Å². The van der Waals surface area contributed by atoms with Gasteiger partial charge < -0.3 is 9.29 Å². The third-order valence-corrected chi connectivity index (χ3v) is 1.89.